The van der Waals surface area contributed by atoms with Crippen LogP contribution >= 0.6 is 27.5 Å². The molecule has 4 rings (SSSR count). The minimum Gasteiger partial charge on any atom is -0.358 e. The Balaban J connectivity index is 1.83. The van der Waals surface area contributed by atoms with Crippen LogP contribution < -0.4 is 5.32 Å². The van der Waals surface area contributed by atoms with E-state index in [-0.39, 0.29) is 17.1 Å². The molecule has 0 spiro atoms. The molecule has 0 saturated carbocycles. The normalized spacial score (nSPS) is 21.4. The fourth-order valence-electron chi connectivity index (χ4n) is 3.99. The van der Waals surface area contributed by atoms with Crippen molar-refractivity contribution < 1.29 is 4.79 Å². The van der Waals surface area contributed by atoms with E-state index in [1.807, 2.05) is 36.4 Å². The molecule has 1 unspecified atom stereocenters. The van der Waals surface area contributed by atoms with Crippen molar-refractivity contribution in [1.29, 1.82) is 0 Å². The van der Waals surface area contributed by atoms with Gasteiger partial charge in [-0.1, -0.05) is 65.6 Å². The summed E-state index contributed by atoms with van der Waals surface area (Å²) in [6, 6.07) is 16.1. The van der Waals surface area contributed by atoms with E-state index in [2.05, 4.69) is 53.3 Å². The van der Waals surface area contributed by atoms with Crippen molar-refractivity contribution >= 4 is 39.0 Å². The number of dihydropyridines is 1. The largest absolute Gasteiger partial charge is 0.358 e. The van der Waals surface area contributed by atoms with Crippen LogP contribution in [0.1, 0.15) is 43.7 Å². The van der Waals surface area contributed by atoms with Crippen LogP contribution in [0.3, 0.4) is 0 Å². The third kappa shape index (κ3) is 3.76. The first-order valence-electron chi connectivity index (χ1n) is 9.09. The van der Waals surface area contributed by atoms with Crippen molar-refractivity contribution in [2.45, 2.75) is 32.6 Å². The van der Waals surface area contributed by atoms with Crippen molar-refractivity contribution in [1.82, 2.24) is 5.32 Å². The minimum absolute atomic E-state index is 0.0321. The second-order valence-corrected chi connectivity index (χ2v) is 9.43. The van der Waals surface area contributed by atoms with Crippen LogP contribution in [0.2, 0.25) is 5.02 Å². The van der Waals surface area contributed by atoms with E-state index in [9.17, 15) is 4.79 Å². The zero-order chi connectivity index (χ0) is 19.2. The van der Waals surface area contributed by atoms with Gasteiger partial charge in [0.2, 0.25) is 0 Å². The summed E-state index contributed by atoms with van der Waals surface area (Å²) in [5.74, 6) is 0.181. The first-order valence-corrected chi connectivity index (χ1v) is 10.3. The highest BCUT2D eigenvalue weighted by atomic mass is 79.9. The van der Waals surface area contributed by atoms with Crippen LogP contribution in [0.4, 0.5) is 0 Å². The molecule has 2 aromatic carbocycles. The predicted octanol–water partition coefficient (Wildman–Crippen LogP) is 6.47. The molecular formula is C23H21BrClNO. The maximum Gasteiger partial charge on any atom is 0.162 e. The number of nitrogens with one attached hydrogen (secondary N) is 1. The highest BCUT2D eigenvalue weighted by Gasteiger charge is 2.38. The molecule has 1 atom stereocenters. The molecule has 138 valence electrons. The maximum atomic E-state index is 13.0. The smallest absolute Gasteiger partial charge is 0.162 e. The van der Waals surface area contributed by atoms with Crippen molar-refractivity contribution in [3.05, 3.63) is 86.5 Å². The number of benzene rings is 2. The molecule has 2 aliphatic rings. The Bertz CT molecular complexity index is 955. The average Bonchev–Trinajstić information content (AvgIpc) is 2.61. The number of allylic oxidation sites excluding steroid dienone is 3. The molecule has 2 aromatic rings. The first kappa shape index (κ1) is 18.5. The van der Waals surface area contributed by atoms with Gasteiger partial charge in [0.1, 0.15) is 0 Å². The lowest BCUT2D eigenvalue weighted by Crippen LogP contribution is -2.35. The monoisotopic (exact) mass is 441 g/mol. The predicted molar refractivity (Wildman–Crippen MR) is 114 cm³/mol. The minimum atomic E-state index is -0.0548. The van der Waals surface area contributed by atoms with Crippen molar-refractivity contribution in [3.63, 3.8) is 0 Å². The Morgan fingerprint density at radius 1 is 1.04 bits per heavy atom. The molecular weight excluding hydrogens is 422 g/mol. The molecule has 0 bridgehead atoms. The molecule has 1 aliphatic heterocycles. The number of Topliss-reactive ketones (excluding diaryl/α,β-unsaturated/α-hetero) is 1. The van der Waals surface area contributed by atoms with Crippen LogP contribution in [0.5, 0.6) is 0 Å². The van der Waals surface area contributed by atoms with E-state index in [0.717, 1.165) is 39.0 Å². The molecule has 1 N–H and O–H groups in total. The molecule has 2 nitrogen and oxygen atoms in total. The van der Waals surface area contributed by atoms with Gasteiger partial charge in [0.25, 0.3) is 0 Å². The van der Waals surface area contributed by atoms with E-state index < -0.39 is 0 Å². The molecule has 0 radical (unpaired) electrons. The SMILES string of the molecule is CC1(C)CC(=O)C2=C(C1)NC(c1ccc(Br)cc1)=CC2c1ccc(Cl)cc1. The lowest BCUT2D eigenvalue weighted by Gasteiger charge is -2.38. The number of carbonyl (C=O) groups is 1. The topological polar surface area (TPSA) is 29.1 Å². The standard InChI is InChI=1S/C23H21BrClNO/c1-23(2)12-20-22(21(27)13-23)18(14-5-9-17(25)10-6-14)11-19(26-20)15-3-7-16(24)8-4-15/h3-11,18,26H,12-13H2,1-2H3. The Morgan fingerprint density at radius 3 is 2.37 bits per heavy atom. The van der Waals surface area contributed by atoms with Gasteiger partial charge in [0.05, 0.1) is 0 Å². The molecule has 0 amide bonds. The quantitative estimate of drug-likeness (QED) is 0.577. The summed E-state index contributed by atoms with van der Waals surface area (Å²) in [6.07, 6.45) is 3.62. The lowest BCUT2D eigenvalue weighted by molar-refractivity contribution is -0.118. The molecule has 0 saturated heterocycles. The highest BCUT2D eigenvalue weighted by molar-refractivity contribution is 9.10. The maximum absolute atomic E-state index is 13.0. The molecule has 4 heteroatoms. The van der Waals surface area contributed by atoms with Gasteiger partial charge in [0, 0.05) is 38.8 Å². The van der Waals surface area contributed by atoms with Crippen molar-refractivity contribution in [2.24, 2.45) is 5.41 Å². The van der Waals surface area contributed by atoms with E-state index in [0.29, 0.717) is 11.4 Å². The van der Waals surface area contributed by atoms with Gasteiger partial charge in [0.15, 0.2) is 5.78 Å². The van der Waals surface area contributed by atoms with Gasteiger partial charge in [-0.15, -0.1) is 0 Å². The summed E-state index contributed by atoms with van der Waals surface area (Å²) in [6.45, 7) is 4.32. The Morgan fingerprint density at radius 2 is 1.70 bits per heavy atom. The second-order valence-electron chi connectivity index (χ2n) is 8.07. The third-order valence-electron chi connectivity index (χ3n) is 5.23. The van der Waals surface area contributed by atoms with E-state index in [4.69, 9.17) is 11.6 Å². The zero-order valence-corrected chi connectivity index (χ0v) is 17.7. The summed E-state index contributed by atoms with van der Waals surface area (Å²) >= 11 is 9.58. The van der Waals surface area contributed by atoms with Gasteiger partial charge in [-0.2, -0.15) is 0 Å². The van der Waals surface area contributed by atoms with Gasteiger partial charge in [-0.25, -0.2) is 0 Å². The fraction of sp³-hybridized carbons (Fsp3) is 0.261. The molecule has 1 aliphatic carbocycles. The third-order valence-corrected chi connectivity index (χ3v) is 6.01. The van der Waals surface area contributed by atoms with E-state index in [1.165, 1.54) is 0 Å². The molecule has 27 heavy (non-hydrogen) atoms. The average molecular weight is 443 g/mol. The van der Waals surface area contributed by atoms with Crippen LogP contribution in [0.15, 0.2) is 70.3 Å². The summed E-state index contributed by atoms with van der Waals surface area (Å²) in [5, 5.41) is 4.27. The summed E-state index contributed by atoms with van der Waals surface area (Å²) in [7, 11) is 0. The van der Waals surface area contributed by atoms with Gasteiger partial charge >= 0.3 is 0 Å². The van der Waals surface area contributed by atoms with Crippen LogP contribution in [-0.2, 0) is 4.79 Å². The number of rotatable bonds is 2. The van der Waals surface area contributed by atoms with Crippen LogP contribution in [0.25, 0.3) is 5.70 Å². The molecule has 0 fully saturated rings. The summed E-state index contributed by atoms with van der Waals surface area (Å²) in [4.78, 5) is 13.0. The fourth-order valence-corrected chi connectivity index (χ4v) is 4.38. The first-order chi connectivity index (χ1) is 12.8. The van der Waals surface area contributed by atoms with Gasteiger partial charge in [-0.3, -0.25) is 4.79 Å². The molecule has 0 aromatic heterocycles. The van der Waals surface area contributed by atoms with Crippen molar-refractivity contribution in [3.8, 4) is 0 Å². The number of carbonyl (C=O) groups excluding carboxylic acids is 1. The highest BCUT2D eigenvalue weighted by Crippen LogP contribution is 2.45. The Labute approximate surface area is 173 Å². The zero-order valence-electron chi connectivity index (χ0n) is 15.4. The van der Waals surface area contributed by atoms with E-state index >= 15 is 0 Å². The summed E-state index contributed by atoms with van der Waals surface area (Å²) in [5.41, 5.74) is 5.17. The number of hydrogen-bond acceptors (Lipinski definition) is 2. The van der Waals surface area contributed by atoms with Crippen LogP contribution in [-0.4, -0.2) is 5.78 Å². The van der Waals surface area contributed by atoms with Gasteiger partial charge < -0.3 is 5.32 Å². The summed E-state index contributed by atoms with van der Waals surface area (Å²) < 4.78 is 1.05. The number of ketones is 1. The Kier molecular flexibility index (Phi) is 4.77. The number of halogens is 2. The van der Waals surface area contributed by atoms with Crippen molar-refractivity contribution in [2.75, 3.05) is 0 Å². The Hall–Kier alpha value is -1.84. The molecule has 1 heterocycles. The lowest BCUT2D eigenvalue weighted by atomic mass is 9.70. The van der Waals surface area contributed by atoms with Gasteiger partial charge in [-0.05, 0) is 53.3 Å². The van der Waals surface area contributed by atoms with Crippen LogP contribution in [0, 0.1) is 5.41 Å². The number of hydrogen-bond donors (Lipinski definition) is 1. The van der Waals surface area contributed by atoms with E-state index in [1.54, 1.807) is 0 Å². The second kappa shape index (κ2) is 6.96.